The number of fused-ring (bicyclic) bond motifs is 1. The second kappa shape index (κ2) is 9.81. The predicted octanol–water partition coefficient (Wildman–Crippen LogP) is 3.16. The molecule has 2 N–H and O–H groups in total. The summed E-state index contributed by atoms with van der Waals surface area (Å²) in [5, 5.41) is 14.6. The summed E-state index contributed by atoms with van der Waals surface area (Å²) in [6.07, 6.45) is 2.47. The van der Waals surface area contributed by atoms with Crippen molar-refractivity contribution in [2.75, 3.05) is 13.6 Å². The molecule has 0 spiro atoms. The van der Waals surface area contributed by atoms with E-state index in [4.69, 9.17) is 0 Å². The zero-order valence-corrected chi connectivity index (χ0v) is 18.0. The zero-order valence-electron chi connectivity index (χ0n) is 14.1. The molecule has 3 rings (SSSR count). The molecule has 0 fully saturated rings. The minimum atomic E-state index is -0.206. The topological polar surface area (TPSA) is 66.6 Å². The maximum Gasteiger partial charge on any atom is 0.191 e. The lowest BCUT2D eigenvalue weighted by molar-refractivity contribution is 0.606. The molecule has 2 aromatic heterocycles. The molecular formula is C17H19BrFIN6. The number of aliphatic imine (C=N–C) groups is 1. The summed E-state index contributed by atoms with van der Waals surface area (Å²) in [5.74, 6) is 1.21. The van der Waals surface area contributed by atoms with E-state index in [0.717, 1.165) is 15.9 Å². The molecular weight excluding hydrogens is 514 g/mol. The first-order valence-corrected chi connectivity index (χ1v) is 8.64. The molecule has 26 heavy (non-hydrogen) atoms. The Morgan fingerprint density at radius 1 is 1.23 bits per heavy atom. The molecule has 138 valence electrons. The van der Waals surface area contributed by atoms with Crippen molar-refractivity contribution in [3.05, 3.63) is 64.3 Å². The summed E-state index contributed by atoms with van der Waals surface area (Å²) < 4.78 is 16.5. The first-order valence-electron chi connectivity index (χ1n) is 7.84. The van der Waals surface area contributed by atoms with Crippen LogP contribution in [0.25, 0.3) is 5.65 Å². The largest absolute Gasteiger partial charge is 0.356 e. The Bertz CT molecular complexity index is 898. The van der Waals surface area contributed by atoms with E-state index in [2.05, 4.69) is 41.8 Å². The van der Waals surface area contributed by atoms with Crippen LogP contribution < -0.4 is 10.6 Å². The lowest BCUT2D eigenvalue weighted by Crippen LogP contribution is -2.38. The SMILES string of the molecule is CN=C(NCCc1cc(Br)ccc1F)NCc1nnc2ccccn12.I. The second-order valence-corrected chi connectivity index (χ2v) is 6.30. The van der Waals surface area contributed by atoms with E-state index in [1.807, 2.05) is 28.8 Å². The van der Waals surface area contributed by atoms with Crippen LogP contribution in [0.5, 0.6) is 0 Å². The summed E-state index contributed by atoms with van der Waals surface area (Å²) in [4.78, 5) is 4.17. The van der Waals surface area contributed by atoms with Crippen LogP contribution >= 0.6 is 39.9 Å². The highest BCUT2D eigenvalue weighted by atomic mass is 127. The van der Waals surface area contributed by atoms with Crippen molar-refractivity contribution >= 4 is 51.5 Å². The van der Waals surface area contributed by atoms with E-state index in [1.165, 1.54) is 6.07 Å². The Morgan fingerprint density at radius 2 is 2.08 bits per heavy atom. The smallest absolute Gasteiger partial charge is 0.191 e. The first kappa shape index (κ1) is 20.6. The number of rotatable bonds is 5. The molecule has 0 unspecified atom stereocenters. The van der Waals surface area contributed by atoms with Gasteiger partial charge in [0.05, 0.1) is 6.54 Å². The average Bonchev–Trinajstić information content (AvgIpc) is 3.04. The lowest BCUT2D eigenvalue weighted by atomic mass is 10.1. The highest BCUT2D eigenvalue weighted by Gasteiger charge is 2.06. The van der Waals surface area contributed by atoms with Gasteiger partial charge in [-0.05, 0) is 42.3 Å². The van der Waals surface area contributed by atoms with Gasteiger partial charge < -0.3 is 10.6 Å². The van der Waals surface area contributed by atoms with Crippen LogP contribution in [-0.2, 0) is 13.0 Å². The fourth-order valence-electron chi connectivity index (χ4n) is 2.45. The first-order chi connectivity index (χ1) is 12.2. The summed E-state index contributed by atoms with van der Waals surface area (Å²) in [6.45, 7) is 1.05. The minimum absolute atomic E-state index is 0. The van der Waals surface area contributed by atoms with Gasteiger partial charge in [0.25, 0.3) is 0 Å². The van der Waals surface area contributed by atoms with Crippen molar-refractivity contribution in [2.24, 2.45) is 4.99 Å². The van der Waals surface area contributed by atoms with Crippen molar-refractivity contribution in [1.29, 1.82) is 0 Å². The van der Waals surface area contributed by atoms with Crippen molar-refractivity contribution < 1.29 is 4.39 Å². The Morgan fingerprint density at radius 3 is 2.88 bits per heavy atom. The number of guanidine groups is 1. The van der Waals surface area contributed by atoms with E-state index in [0.29, 0.717) is 31.0 Å². The number of nitrogens with one attached hydrogen (secondary N) is 2. The Labute approximate surface area is 176 Å². The number of aromatic nitrogens is 3. The monoisotopic (exact) mass is 532 g/mol. The minimum Gasteiger partial charge on any atom is -0.356 e. The molecule has 0 saturated heterocycles. The number of nitrogens with zero attached hydrogens (tertiary/aromatic N) is 4. The van der Waals surface area contributed by atoms with Gasteiger partial charge in [-0.1, -0.05) is 22.0 Å². The molecule has 0 aliphatic heterocycles. The number of hydrogen-bond acceptors (Lipinski definition) is 3. The van der Waals surface area contributed by atoms with Gasteiger partial charge in [0, 0.05) is 24.3 Å². The maximum absolute atomic E-state index is 13.7. The van der Waals surface area contributed by atoms with Gasteiger partial charge in [-0.3, -0.25) is 9.39 Å². The molecule has 0 bridgehead atoms. The number of benzene rings is 1. The van der Waals surface area contributed by atoms with Crippen LogP contribution in [0.1, 0.15) is 11.4 Å². The molecule has 1 aromatic carbocycles. The van der Waals surface area contributed by atoms with Gasteiger partial charge in [-0.15, -0.1) is 34.2 Å². The van der Waals surface area contributed by atoms with Crippen LogP contribution in [0, 0.1) is 5.82 Å². The fourth-order valence-corrected chi connectivity index (χ4v) is 2.85. The lowest BCUT2D eigenvalue weighted by Gasteiger charge is -2.11. The average molecular weight is 533 g/mol. The third kappa shape index (κ3) is 5.13. The van der Waals surface area contributed by atoms with Gasteiger partial charge >= 0.3 is 0 Å². The van der Waals surface area contributed by atoms with E-state index < -0.39 is 0 Å². The molecule has 9 heteroatoms. The second-order valence-electron chi connectivity index (χ2n) is 5.38. The molecule has 0 aliphatic rings. The summed E-state index contributed by atoms with van der Waals surface area (Å²) in [6, 6.07) is 10.7. The molecule has 6 nitrogen and oxygen atoms in total. The molecule has 0 aliphatic carbocycles. The highest BCUT2D eigenvalue weighted by molar-refractivity contribution is 14.0. The molecule has 0 amide bonds. The fraction of sp³-hybridized carbons (Fsp3) is 0.235. The van der Waals surface area contributed by atoms with Crippen LogP contribution in [-0.4, -0.2) is 34.2 Å². The third-order valence-electron chi connectivity index (χ3n) is 3.72. The summed E-state index contributed by atoms with van der Waals surface area (Å²) in [5.41, 5.74) is 1.45. The third-order valence-corrected chi connectivity index (χ3v) is 4.21. The summed E-state index contributed by atoms with van der Waals surface area (Å²) in [7, 11) is 1.69. The zero-order chi connectivity index (χ0) is 17.6. The molecule has 2 heterocycles. The maximum atomic E-state index is 13.7. The van der Waals surface area contributed by atoms with E-state index in [1.54, 1.807) is 19.2 Å². The van der Waals surface area contributed by atoms with Crippen LogP contribution in [0.3, 0.4) is 0 Å². The Kier molecular flexibility index (Phi) is 7.76. The van der Waals surface area contributed by atoms with Crippen molar-refractivity contribution in [3.63, 3.8) is 0 Å². The molecule has 3 aromatic rings. The van der Waals surface area contributed by atoms with E-state index in [-0.39, 0.29) is 29.8 Å². The van der Waals surface area contributed by atoms with Crippen LogP contribution in [0.15, 0.2) is 52.1 Å². The van der Waals surface area contributed by atoms with Crippen molar-refractivity contribution in [2.45, 2.75) is 13.0 Å². The van der Waals surface area contributed by atoms with E-state index in [9.17, 15) is 4.39 Å². The Balaban J connectivity index is 0.00000243. The normalized spacial score (nSPS) is 11.3. The molecule has 0 atom stereocenters. The molecule has 0 saturated carbocycles. The van der Waals surface area contributed by atoms with Gasteiger partial charge in [-0.2, -0.15) is 0 Å². The van der Waals surface area contributed by atoms with Crippen molar-refractivity contribution in [1.82, 2.24) is 25.2 Å². The van der Waals surface area contributed by atoms with Gasteiger partial charge in [0.2, 0.25) is 0 Å². The van der Waals surface area contributed by atoms with E-state index >= 15 is 0 Å². The van der Waals surface area contributed by atoms with Gasteiger partial charge in [0.1, 0.15) is 5.82 Å². The standard InChI is InChI=1S/C17H18BrFN6.HI/c1-20-17(21-8-7-12-10-13(18)5-6-14(12)19)22-11-16-24-23-15-4-2-3-9-25(15)16;/h2-6,9-10H,7-8,11H2,1H3,(H2,20,21,22);1H. The van der Waals surface area contributed by atoms with Gasteiger partial charge in [-0.25, -0.2) is 4.39 Å². The Hall–Kier alpha value is -1.75. The molecule has 0 radical (unpaired) electrons. The quantitative estimate of drug-likeness (QED) is 0.301. The van der Waals surface area contributed by atoms with Crippen molar-refractivity contribution in [3.8, 4) is 0 Å². The number of pyridine rings is 1. The van der Waals surface area contributed by atoms with Crippen LogP contribution in [0.2, 0.25) is 0 Å². The summed E-state index contributed by atoms with van der Waals surface area (Å²) >= 11 is 3.36. The predicted molar refractivity (Wildman–Crippen MR) is 114 cm³/mol. The number of halogens is 3. The van der Waals surface area contributed by atoms with Crippen LogP contribution in [0.4, 0.5) is 4.39 Å². The van der Waals surface area contributed by atoms with Gasteiger partial charge in [0.15, 0.2) is 17.4 Å². The highest BCUT2D eigenvalue weighted by Crippen LogP contribution is 2.15. The number of hydrogen-bond donors (Lipinski definition) is 2.